The molecule has 1 heterocycles. The molecule has 0 aliphatic carbocycles. The Labute approximate surface area is 145 Å². The van der Waals surface area contributed by atoms with E-state index in [2.05, 4.69) is 0 Å². The summed E-state index contributed by atoms with van der Waals surface area (Å²) in [7, 11) is 1.57. The van der Waals surface area contributed by atoms with Gasteiger partial charge < -0.3 is 20.2 Å². The van der Waals surface area contributed by atoms with Gasteiger partial charge in [0, 0.05) is 18.5 Å². The van der Waals surface area contributed by atoms with Crippen LogP contribution in [0.1, 0.15) is 57.0 Å². The van der Waals surface area contributed by atoms with Crippen molar-refractivity contribution in [2.75, 3.05) is 13.7 Å². The van der Waals surface area contributed by atoms with E-state index in [0.29, 0.717) is 24.3 Å². The van der Waals surface area contributed by atoms with E-state index in [1.54, 1.807) is 25.3 Å². The van der Waals surface area contributed by atoms with Crippen LogP contribution in [0.15, 0.2) is 18.2 Å². The van der Waals surface area contributed by atoms with Crippen LogP contribution in [-0.4, -0.2) is 36.7 Å². The van der Waals surface area contributed by atoms with Crippen LogP contribution in [0.25, 0.3) is 0 Å². The summed E-state index contributed by atoms with van der Waals surface area (Å²) in [6.07, 6.45) is 1.51. The number of carbonyl (C=O) groups excluding carboxylic acids is 3. The number of carbonyl (C=O) groups is 3. The Kier molecular flexibility index (Phi) is 14.2. The van der Waals surface area contributed by atoms with Crippen LogP contribution in [0.3, 0.4) is 0 Å². The summed E-state index contributed by atoms with van der Waals surface area (Å²) in [5.41, 5.74) is 6.55. The summed E-state index contributed by atoms with van der Waals surface area (Å²) in [4.78, 5) is 33.2. The highest BCUT2D eigenvalue weighted by atomic mass is 16.5. The maximum Gasteiger partial charge on any atom is 0.254 e. The van der Waals surface area contributed by atoms with E-state index in [-0.39, 0.29) is 12.5 Å². The topological polar surface area (TPSA) is 89.7 Å². The third-order valence-electron chi connectivity index (χ3n) is 2.70. The fraction of sp³-hybridized carbons (Fsp3) is 0.500. The lowest BCUT2D eigenvalue weighted by Crippen LogP contribution is -2.33. The van der Waals surface area contributed by atoms with Gasteiger partial charge in [0.25, 0.3) is 5.91 Å². The monoisotopic (exact) mass is 338 g/mol. The van der Waals surface area contributed by atoms with E-state index in [1.807, 2.05) is 34.6 Å². The van der Waals surface area contributed by atoms with Crippen molar-refractivity contribution in [1.82, 2.24) is 4.90 Å². The highest BCUT2D eigenvalue weighted by Crippen LogP contribution is 2.26. The van der Waals surface area contributed by atoms with E-state index in [0.717, 1.165) is 11.8 Å². The molecule has 0 spiro atoms. The van der Waals surface area contributed by atoms with Crippen molar-refractivity contribution in [2.45, 2.75) is 47.6 Å². The Morgan fingerprint density at radius 1 is 1.29 bits per heavy atom. The van der Waals surface area contributed by atoms with Crippen molar-refractivity contribution in [3.8, 4) is 5.75 Å². The first kappa shape index (κ1) is 23.9. The van der Waals surface area contributed by atoms with Crippen LogP contribution in [0.2, 0.25) is 0 Å². The highest BCUT2D eigenvalue weighted by molar-refractivity contribution is 6.00. The van der Waals surface area contributed by atoms with Crippen LogP contribution >= 0.6 is 0 Å². The number of ether oxygens (including phenoxy) is 1. The van der Waals surface area contributed by atoms with Gasteiger partial charge in [0.1, 0.15) is 12.0 Å². The molecule has 2 N–H and O–H groups in total. The smallest absolute Gasteiger partial charge is 0.254 e. The summed E-state index contributed by atoms with van der Waals surface area (Å²) in [6.45, 7) is 10.2. The molecule has 2 rings (SSSR count). The molecule has 6 heteroatoms. The van der Waals surface area contributed by atoms with Gasteiger partial charge in [0.15, 0.2) is 0 Å². The predicted molar refractivity (Wildman–Crippen MR) is 96.0 cm³/mol. The van der Waals surface area contributed by atoms with Gasteiger partial charge in [-0.3, -0.25) is 9.59 Å². The van der Waals surface area contributed by atoms with Crippen LogP contribution in [-0.2, 0) is 16.1 Å². The Morgan fingerprint density at radius 2 is 1.83 bits per heavy atom. The predicted octanol–water partition coefficient (Wildman–Crippen LogP) is 2.78. The van der Waals surface area contributed by atoms with Gasteiger partial charge in [-0.15, -0.1) is 0 Å². The van der Waals surface area contributed by atoms with Crippen molar-refractivity contribution in [2.24, 2.45) is 5.73 Å². The van der Waals surface area contributed by atoms with Gasteiger partial charge in [-0.1, -0.05) is 34.6 Å². The molecule has 2 amide bonds. The number of rotatable bonds is 4. The minimum absolute atomic E-state index is 0.0458. The summed E-state index contributed by atoms with van der Waals surface area (Å²) in [5.74, 6) is 0.0389. The highest BCUT2D eigenvalue weighted by Gasteiger charge is 2.28. The molecular weight excluding hydrogens is 308 g/mol. The lowest BCUT2D eigenvalue weighted by Gasteiger charge is -2.11. The standard InChI is InChI=1S/C11H12N2O3.C3H6O.2C2H6/c1-16-8-2-3-9-7(4-8)5-13(11(9)15)6-10(12)14;1-2-3-4;2*1-2/h2-4H,5-6H2,1H3,(H2,12,14);3H,2H2,1H3;2*1-2H3. The molecule has 0 atom stereocenters. The van der Waals surface area contributed by atoms with Crippen molar-refractivity contribution in [3.05, 3.63) is 29.3 Å². The van der Waals surface area contributed by atoms with Gasteiger partial charge >= 0.3 is 0 Å². The Hall–Kier alpha value is -2.37. The number of hydrogen-bond donors (Lipinski definition) is 1. The molecular formula is C18H30N2O4. The molecule has 1 aliphatic rings. The zero-order valence-corrected chi connectivity index (χ0v) is 15.6. The van der Waals surface area contributed by atoms with E-state index in [1.165, 1.54) is 4.90 Å². The van der Waals surface area contributed by atoms with E-state index < -0.39 is 5.91 Å². The maximum absolute atomic E-state index is 11.8. The average Bonchev–Trinajstić information content (AvgIpc) is 2.93. The van der Waals surface area contributed by atoms with Gasteiger partial charge in [-0.2, -0.15) is 0 Å². The molecule has 0 radical (unpaired) electrons. The first-order chi connectivity index (χ1) is 11.5. The quantitative estimate of drug-likeness (QED) is 0.855. The van der Waals surface area contributed by atoms with Gasteiger partial charge in [-0.05, 0) is 23.8 Å². The minimum atomic E-state index is -0.506. The second kappa shape index (κ2) is 14.2. The lowest BCUT2D eigenvalue weighted by molar-refractivity contribution is -0.118. The number of nitrogens with zero attached hydrogens (tertiary/aromatic N) is 1. The first-order valence-electron chi connectivity index (χ1n) is 8.21. The number of fused-ring (bicyclic) bond motifs is 1. The van der Waals surface area contributed by atoms with Gasteiger partial charge in [0.2, 0.25) is 5.91 Å². The van der Waals surface area contributed by atoms with Gasteiger partial charge in [0.05, 0.1) is 13.7 Å². The molecule has 0 saturated carbocycles. The van der Waals surface area contributed by atoms with Crippen molar-refractivity contribution in [3.63, 3.8) is 0 Å². The molecule has 6 nitrogen and oxygen atoms in total. The second-order valence-electron chi connectivity index (χ2n) is 4.23. The maximum atomic E-state index is 11.8. The normalized spacial score (nSPS) is 10.8. The van der Waals surface area contributed by atoms with Crippen LogP contribution < -0.4 is 10.5 Å². The van der Waals surface area contributed by atoms with Crippen molar-refractivity contribution >= 4 is 18.1 Å². The summed E-state index contributed by atoms with van der Waals surface area (Å²) in [5, 5.41) is 0. The number of amides is 2. The minimum Gasteiger partial charge on any atom is -0.497 e. The van der Waals surface area contributed by atoms with Crippen molar-refractivity contribution < 1.29 is 19.1 Å². The summed E-state index contributed by atoms with van der Waals surface area (Å²) < 4.78 is 5.07. The van der Waals surface area contributed by atoms with Crippen LogP contribution in [0.4, 0.5) is 0 Å². The summed E-state index contributed by atoms with van der Waals surface area (Å²) >= 11 is 0. The Morgan fingerprint density at radius 3 is 2.25 bits per heavy atom. The van der Waals surface area contributed by atoms with Gasteiger partial charge in [-0.25, -0.2) is 0 Å². The first-order valence-corrected chi connectivity index (χ1v) is 8.21. The molecule has 24 heavy (non-hydrogen) atoms. The lowest BCUT2D eigenvalue weighted by atomic mass is 10.1. The third-order valence-corrected chi connectivity index (χ3v) is 2.70. The number of methoxy groups -OCH3 is 1. The number of primary amides is 1. The fourth-order valence-corrected chi connectivity index (χ4v) is 1.80. The molecule has 1 aromatic carbocycles. The van der Waals surface area contributed by atoms with Crippen LogP contribution in [0, 0.1) is 0 Å². The van der Waals surface area contributed by atoms with E-state index in [9.17, 15) is 14.4 Å². The molecule has 0 saturated heterocycles. The molecule has 1 aromatic rings. The molecule has 136 valence electrons. The number of benzene rings is 1. The third kappa shape index (κ3) is 7.76. The van der Waals surface area contributed by atoms with E-state index in [4.69, 9.17) is 10.5 Å². The number of nitrogens with two attached hydrogens (primary N) is 1. The second-order valence-corrected chi connectivity index (χ2v) is 4.23. The summed E-state index contributed by atoms with van der Waals surface area (Å²) in [6, 6.07) is 5.23. The Bertz CT molecular complexity index is 516. The molecule has 0 unspecified atom stereocenters. The molecule has 0 aromatic heterocycles. The van der Waals surface area contributed by atoms with Crippen molar-refractivity contribution in [1.29, 1.82) is 0 Å². The molecule has 0 bridgehead atoms. The SMILES string of the molecule is CC.CC.CCC=O.COc1ccc2c(c1)CN(CC(N)=O)C2=O. The largest absolute Gasteiger partial charge is 0.497 e. The average molecular weight is 338 g/mol. The number of aldehydes is 1. The van der Waals surface area contributed by atoms with Crippen LogP contribution in [0.5, 0.6) is 5.75 Å². The molecule has 1 aliphatic heterocycles. The zero-order chi connectivity index (χ0) is 19.1. The fourth-order valence-electron chi connectivity index (χ4n) is 1.80. The van der Waals surface area contributed by atoms with E-state index >= 15 is 0 Å². The zero-order valence-electron chi connectivity index (χ0n) is 15.6. The Balaban J connectivity index is 0. The number of hydrogen-bond acceptors (Lipinski definition) is 4. The molecule has 0 fully saturated rings.